The van der Waals surface area contributed by atoms with Crippen LogP contribution in [0.5, 0.6) is 17.5 Å². The van der Waals surface area contributed by atoms with E-state index in [0.29, 0.717) is 17.2 Å². The average molecular weight is 412 g/mol. The van der Waals surface area contributed by atoms with Gasteiger partial charge in [-0.3, -0.25) is 0 Å². The van der Waals surface area contributed by atoms with Crippen molar-refractivity contribution in [2.24, 2.45) is 0 Å². The fraction of sp³-hybridized carbons (Fsp3) is 0. The lowest BCUT2D eigenvalue weighted by Crippen LogP contribution is -2.04. The standard InChI is InChI=1S/C19H13FN4O4S/c20-17-22-18(21-13-8-10-14(11-9-13)26-27-28-29)24-19(23-17)25-16-7-3-5-12-4-1-2-6-15(12)16/h1-11,29H,(H,21,22,23,24). The molecule has 0 unspecified atom stereocenters. The number of hydrogen-bond acceptors (Lipinski definition) is 9. The Hall–Kier alpha value is -3.47. The third-order valence-corrected chi connectivity index (χ3v) is 3.87. The second-order valence-corrected chi connectivity index (χ2v) is 5.81. The average Bonchev–Trinajstić information content (AvgIpc) is 2.73. The topological polar surface area (TPSA) is 87.6 Å². The van der Waals surface area contributed by atoms with E-state index in [2.05, 4.69) is 42.6 Å². The molecule has 0 fully saturated rings. The first-order valence-electron chi connectivity index (χ1n) is 8.30. The summed E-state index contributed by atoms with van der Waals surface area (Å²) in [5, 5.41) is 8.94. The van der Waals surface area contributed by atoms with Crippen molar-refractivity contribution in [1.82, 2.24) is 15.0 Å². The quantitative estimate of drug-likeness (QED) is 0.194. The van der Waals surface area contributed by atoms with Gasteiger partial charge in [0.2, 0.25) is 5.95 Å². The molecule has 1 heterocycles. The van der Waals surface area contributed by atoms with Crippen LogP contribution in [0, 0.1) is 6.08 Å². The monoisotopic (exact) mass is 412 g/mol. The first-order valence-corrected chi connectivity index (χ1v) is 8.67. The van der Waals surface area contributed by atoms with Crippen LogP contribution in [0.25, 0.3) is 10.8 Å². The Labute approximate surface area is 169 Å². The zero-order valence-corrected chi connectivity index (χ0v) is 15.5. The molecular weight excluding hydrogens is 399 g/mol. The number of nitrogens with zero attached hydrogens (tertiary/aromatic N) is 3. The minimum atomic E-state index is -0.975. The molecular formula is C19H13FN4O4S. The fourth-order valence-corrected chi connectivity index (χ4v) is 2.62. The zero-order chi connectivity index (χ0) is 20.1. The van der Waals surface area contributed by atoms with E-state index in [0.717, 1.165) is 10.8 Å². The van der Waals surface area contributed by atoms with Crippen molar-refractivity contribution in [2.45, 2.75) is 0 Å². The summed E-state index contributed by atoms with van der Waals surface area (Å²) in [6.07, 6.45) is -0.975. The maximum absolute atomic E-state index is 13.9. The molecule has 10 heteroatoms. The van der Waals surface area contributed by atoms with E-state index >= 15 is 0 Å². The van der Waals surface area contributed by atoms with Gasteiger partial charge in [0.1, 0.15) is 5.75 Å². The van der Waals surface area contributed by atoms with E-state index in [1.807, 2.05) is 36.4 Å². The van der Waals surface area contributed by atoms with Gasteiger partial charge in [-0.2, -0.15) is 14.4 Å². The minimum Gasteiger partial charge on any atom is -0.423 e. The molecule has 3 aromatic carbocycles. The Morgan fingerprint density at radius 3 is 2.48 bits per heavy atom. The lowest BCUT2D eigenvalue weighted by molar-refractivity contribution is -0.402. The number of aromatic nitrogens is 3. The number of benzene rings is 3. The summed E-state index contributed by atoms with van der Waals surface area (Å²) in [5.41, 5.74) is 0.575. The number of anilines is 2. The fourth-order valence-electron chi connectivity index (χ4n) is 2.59. The number of rotatable bonds is 7. The second kappa shape index (κ2) is 8.69. The van der Waals surface area contributed by atoms with Gasteiger partial charge in [0.05, 0.1) is 0 Å². The number of fused-ring (bicyclic) bond motifs is 1. The van der Waals surface area contributed by atoms with Gasteiger partial charge in [0.25, 0.3) is 0 Å². The first kappa shape index (κ1) is 18.9. The summed E-state index contributed by atoms with van der Waals surface area (Å²) in [5.74, 6) is 0.857. The Kier molecular flexibility index (Phi) is 5.66. The van der Waals surface area contributed by atoms with Crippen molar-refractivity contribution >= 4 is 35.3 Å². The van der Waals surface area contributed by atoms with Crippen LogP contribution in [-0.4, -0.2) is 15.0 Å². The number of hydrogen-bond donors (Lipinski definition) is 2. The van der Waals surface area contributed by atoms with Crippen LogP contribution in [0.3, 0.4) is 0 Å². The molecule has 4 rings (SSSR count). The first-order chi connectivity index (χ1) is 14.2. The molecule has 0 bridgehead atoms. The van der Waals surface area contributed by atoms with Crippen molar-refractivity contribution in [3.8, 4) is 17.5 Å². The normalized spacial score (nSPS) is 10.7. The third-order valence-electron chi connectivity index (χ3n) is 3.81. The largest absolute Gasteiger partial charge is 0.423 e. The van der Waals surface area contributed by atoms with Crippen molar-refractivity contribution < 1.29 is 23.4 Å². The highest BCUT2D eigenvalue weighted by atomic mass is 32.1. The molecule has 29 heavy (non-hydrogen) atoms. The maximum Gasteiger partial charge on any atom is 0.329 e. The molecule has 8 nitrogen and oxygen atoms in total. The van der Waals surface area contributed by atoms with Crippen LogP contribution in [0.1, 0.15) is 0 Å². The summed E-state index contributed by atoms with van der Waals surface area (Å²) in [4.78, 5) is 16.1. The molecule has 4 aromatic rings. The predicted octanol–water partition coefficient (Wildman–Crippen LogP) is 4.79. The molecule has 0 aliphatic rings. The molecule has 1 aromatic heterocycles. The van der Waals surface area contributed by atoms with E-state index in [1.54, 1.807) is 30.3 Å². The number of ether oxygens (including phenoxy) is 1. The molecule has 1 N–H and O–H groups in total. The third kappa shape index (κ3) is 4.69. The minimum absolute atomic E-state index is 0.0173. The van der Waals surface area contributed by atoms with Gasteiger partial charge in [-0.1, -0.05) is 36.4 Å². The molecule has 0 aliphatic carbocycles. The smallest absolute Gasteiger partial charge is 0.329 e. The summed E-state index contributed by atoms with van der Waals surface area (Å²) in [6.45, 7) is 0. The van der Waals surface area contributed by atoms with Gasteiger partial charge in [-0.25, -0.2) is 0 Å². The van der Waals surface area contributed by atoms with E-state index in [1.165, 1.54) is 0 Å². The summed E-state index contributed by atoms with van der Waals surface area (Å²) < 4.78 is 23.7. The SMILES string of the molecule is Fc1nc(Nc2ccc(OOOS)cc2)nc(Oc2cccc3ccccc23)n1. The van der Waals surface area contributed by atoms with Gasteiger partial charge >= 0.3 is 12.1 Å². The molecule has 0 amide bonds. The summed E-state index contributed by atoms with van der Waals surface area (Å²) >= 11 is 3.38. The van der Waals surface area contributed by atoms with Crippen LogP contribution in [0.4, 0.5) is 16.0 Å². The molecule has 0 saturated heterocycles. The molecule has 0 atom stereocenters. The van der Waals surface area contributed by atoms with E-state index in [9.17, 15) is 4.39 Å². The van der Waals surface area contributed by atoms with Crippen LogP contribution in [-0.2, 0) is 9.37 Å². The highest BCUT2D eigenvalue weighted by molar-refractivity contribution is 7.74. The molecule has 0 saturated carbocycles. The highest BCUT2D eigenvalue weighted by Crippen LogP contribution is 2.28. The number of nitrogens with one attached hydrogen (secondary N) is 1. The highest BCUT2D eigenvalue weighted by Gasteiger charge is 2.11. The Morgan fingerprint density at radius 2 is 1.66 bits per heavy atom. The van der Waals surface area contributed by atoms with E-state index in [4.69, 9.17) is 9.62 Å². The van der Waals surface area contributed by atoms with Gasteiger partial charge in [0, 0.05) is 24.0 Å². The van der Waals surface area contributed by atoms with Gasteiger partial charge in [0.15, 0.2) is 5.75 Å². The lowest BCUT2D eigenvalue weighted by Gasteiger charge is -2.09. The lowest BCUT2D eigenvalue weighted by atomic mass is 10.1. The van der Waals surface area contributed by atoms with Crippen molar-refractivity contribution in [3.63, 3.8) is 0 Å². The van der Waals surface area contributed by atoms with Crippen molar-refractivity contribution in [1.29, 1.82) is 0 Å². The van der Waals surface area contributed by atoms with Crippen molar-refractivity contribution in [3.05, 3.63) is 72.8 Å². The number of thiol groups is 1. The Balaban J connectivity index is 1.54. The van der Waals surface area contributed by atoms with Gasteiger partial charge < -0.3 is 14.9 Å². The van der Waals surface area contributed by atoms with E-state index in [-0.39, 0.29) is 12.0 Å². The van der Waals surface area contributed by atoms with E-state index < -0.39 is 6.08 Å². The zero-order valence-electron chi connectivity index (χ0n) is 14.7. The molecule has 0 aliphatic heterocycles. The van der Waals surface area contributed by atoms with Crippen LogP contribution in [0.2, 0.25) is 0 Å². The maximum atomic E-state index is 13.9. The van der Waals surface area contributed by atoms with Crippen LogP contribution >= 0.6 is 12.9 Å². The predicted molar refractivity (Wildman–Crippen MR) is 105 cm³/mol. The molecule has 146 valence electrons. The van der Waals surface area contributed by atoms with Crippen LogP contribution < -0.4 is 14.9 Å². The van der Waals surface area contributed by atoms with Crippen LogP contribution in [0.15, 0.2) is 66.7 Å². The van der Waals surface area contributed by atoms with Gasteiger partial charge in [-0.05, 0) is 40.8 Å². The molecule has 0 spiro atoms. The summed E-state index contributed by atoms with van der Waals surface area (Å²) in [6, 6.07) is 19.5. The Bertz CT molecular complexity index is 1130. The second-order valence-electron chi connectivity index (χ2n) is 5.67. The summed E-state index contributed by atoms with van der Waals surface area (Å²) in [7, 11) is 0. The number of halogens is 1. The van der Waals surface area contributed by atoms with Gasteiger partial charge in [-0.15, -0.1) is 9.32 Å². The Morgan fingerprint density at radius 1 is 0.862 bits per heavy atom. The molecule has 0 radical (unpaired) electrons. The van der Waals surface area contributed by atoms with Crippen molar-refractivity contribution in [2.75, 3.05) is 5.32 Å².